The van der Waals surface area contributed by atoms with E-state index in [0.717, 1.165) is 23.4 Å². The van der Waals surface area contributed by atoms with Crippen molar-refractivity contribution in [3.63, 3.8) is 0 Å². The number of imidazole rings is 1. The highest BCUT2D eigenvalue weighted by atomic mass is 79.9. The van der Waals surface area contributed by atoms with Crippen LogP contribution in [0.15, 0.2) is 10.8 Å². The van der Waals surface area contributed by atoms with Crippen LogP contribution in [0.3, 0.4) is 0 Å². The van der Waals surface area contributed by atoms with Crippen molar-refractivity contribution in [1.29, 1.82) is 0 Å². The van der Waals surface area contributed by atoms with Crippen molar-refractivity contribution in [2.45, 2.75) is 25.5 Å². The maximum Gasteiger partial charge on any atom is 0.124 e. The van der Waals surface area contributed by atoms with E-state index in [9.17, 15) is 5.11 Å². The predicted molar refractivity (Wildman–Crippen MR) is 44.3 cm³/mol. The highest BCUT2D eigenvalue weighted by Gasteiger charge is 2.17. The molecule has 1 N–H and O–H groups in total. The molecule has 0 radical (unpaired) electrons. The highest BCUT2D eigenvalue weighted by molar-refractivity contribution is 9.10. The summed E-state index contributed by atoms with van der Waals surface area (Å²) in [6.07, 6.45) is 3.29. The van der Waals surface area contributed by atoms with Crippen molar-refractivity contribution in [2.75, 3.05) is 0 Å². The van der Waals surface area contributed by atoms with Crippen LogP contribution in [0.25, 0.3) is 0 Å². The molecule has 1 aromatic rings. The number of aromatic nitrogens is 2. The van der Waals surface area contributed by atoms with Crippen LogP contribution in [-0.2, 0) is 13.0 Å². The van der Waals surface area contributed by atoms with Gasteiger partial charge < -0.3 is 9.67 Å². The average molecular weight is 217 g/mol. The second kappa shape index (κ2) is 2.60. The molecule has 1 aliphatic rings. The lowest BCUT2D eigenvalue weighted by molar-refractivity contribution is 0.141. The molecule has 1 unspecified atom stereocenters. The van der Waals surface area contributed by atoms with E-state index < -0.39 is 0 Å². The summed E-state index contributed by atoms with van der Waals surface area (Å²) >= 11 is 3.30. The molecule has 4 heteroatoms. The van der Waals surface area contributed by atoms with Crippen molar-refractivity contribution in [3.8, 4) is 0 Å². The van der Waals surface area contributed by atoms with Crippen molar-refractivity contribution >= 4 is 15.9 Å². The molecule has 1 aliphatic heterocycles. The summed E-state index contributed by atoms with van der Waals surface area (Å²) < 4.78 is 2.94. The number of nitrogens with zero attached hydrogens (tertiary/aromatic N) is 2. The Morgan fingerprint density at radius 2 is 2.55 bits per heavy atom. The Balaban J connectivity index is 2.34. The lowest BCUT2D eigenvalue weighted by Crippen LogP contribution is -2.22. The van der Waals surface area contributed by atoms with E-state index in [2.05, 4.69) is 25.5 Å². The number of halogens is 1. The van der Waals surface area contributed by atoms with Crippen LogP contribution < -0.4 is 0 Å². The van der Waals surface area contributed by atoms with Gasteiger partial charge in [-0.15, -0.1) is 0 Å². The lowest BCUT2D eigenvalue weighted by atomic mass is 10.1. The molecule has 0 fully saturated rings. The van der Waals surface area contributed by atoms with E-state index >= 15 is 0 Å². The van der Waals surface area contributed by atoms with Crippen LogP contribution in [0.1, 0.15) is 12.2 Å². The summed E-state index contributed by atoms with van der Waals surface area (Å²) in [7, 11) is 0. The molecule has 0 bridgehead atoms. The number of aliphatic hydroxyl groups excluding tert-OH is 1. The van der Waals surface area contributed by atoms with E-state index in [-0.39, 0.29) is 6.10 Å². The first-order valence-corrected chi connectivity index (χ1v) is 4.44. The normalized spacial score (nSPS) is 23.3. The fourth-order valence-electron chi connectivity index (χ4n) is 1.38. The Morgan fingerprint density at radius 3 is 3.36 bits per heavy atom. The summed E-state index contributed by atoms with van der Waals surface area (Å²) in [5.74, 6) is 0.982. The first kappa shape index (κ1) is 7.31. The summed E-state index contributed by atoms with van der Waals surface area (Å²) in [6, 6.07) is 0. The number of aryl methyl sites for hydroxylation is 1. The summed E-state index contributed by atoms with van der Waals surface area (Å²) in [5.41, 5.74) is 0. The van der Waals surface area contributed by atoms with Gasteiger partial charge in [0.15, 0.2) is 0 Å². The molecule has 0 aromatic carbocycles. The maximum atomic E-state index is 9.30. The van der Waals surface area contributed by atoms with Crippen molar-refractivity contribution < 1.29 is 5.11 Å². The minimum Gasteiger partial charge on any atom is -0.393 e. The molecule has 60 valence electrons. The zero-order chi connectivity index (χ0) is 7.84. The zero-order valence-corrected chi connectivity index (χ0v) is 7.58. The van der Waals surface area contributed by atoms with E-state index in [1.54, 1.807) is 0 Å². The van der Waals surface area contributed by atoms with E-state index in [1.165, 1.54) is 0 Å². The van der Waals surface area contributed by atoms with Gasteiger partial charge >= 0.3 is 0 Å². The Morgan fingerprint density at radius 1 is 1.73 bits per heavy atom. The fourth-order valence-corrected chi connectivity index (χ4v) is 1.83. The molecule has 0 saturated carbocycles. The summed E-state index contributed by atoms with van der Waals surface area (Å²) in [5, 5.41) is 9.30. The fraction of sp³-hybridized carbons (Fsp3) is 0.571. The zero-order valence-electron chi connectivity index (χ0n) is 6.00. The van der Waals surface area contributed by atoms with Crippen LogP contribution >= 0.6 is 15.9 Å². The second-order valence-corrected chi connectivity index (χ2v) is 3.63. The first-order chi connectivity index (χ1) is 5.25. The van der Waals surface area contributed by atoms with Gasteiger partial charge in [0.1, 0.15) is 10.4 Å². The highest BCUT2D eigenvalue weighted by Crippen LogP contribution is 2.17. The van der Waals surface area contributed by atoms with E-state index in [1.807, 2.05) is 6.20 Å². The molecule has 0 spiro atoms. The smallest absolute Gasteiger partial charge is 0.124 e. The molecule has 1 atom stereocenters. The van der Waals surface area contributed by atoms with Crippen LogP contribution in [0.2, 0.25) is 0 Å². The van der Waals surface area contributed by atoms with Gasteiger partial charge in [0.2, 0.25) is 0 Å². The third-order valence-electron chi connectivity index (χ3n) is 1.95. The van der Waals surface area contributed by atoms with Gasteiger partial charge in [-0.3, -0.25) is 0 Å². The Hall–Kier alpha value is -0.350. The monoisotopic (exact) mass is 216 g/mol. The number of hydrogen-bond donors (Lipinski definition) is 1. The third-order valence-corrected chi connectivity index (χ3v) is 2.33. The van der Waals surface area contributed by atoms with E-state index in [4.69, 9.17) is 0 Å². The molecule has 0 saturated heterocycles. The molecule has 11 heavy (non-hydrogen) atoms. The maximum absolute atomic E-state index is 9.30. The molecule has 2 heterocycles. The second-order valence-electron chi connectivity index (χ2n) is 2.82. The summed E-state index contributed by atoms with van der Waals surface area (Å²) in [6.45, 7) is 0.884. The Bertz CT molecular complexity index is 271. The van der Waals surface area contributed by atoms with Gasteiger partial charge in [-0.05, 0) is 22.4 Å². The van der Waals surface area contributed by atoms with Crippen LogP contribution in [0.5, 0.6) is 0 Å². The molecule has 3 nitrogen and oxygen atoms in total. The average Bonchev–Trinajstić information content (AvgIpc) is 2.27. The molecule has 0 amide bonds. The van der Waals surface area contributed by atoms with Crippen LogP contribution in [0, 0.1) is 0 Å². The van der Waals surface area contributed by atoms with Crippen molar-refractivity contribution in [2.24, 2.45) is 0 Å². The van der Waals surface area contributed by atoms with Gasteiger partial charge in [-0.25, -0.2) is 4.98 Å². The Labute approximate surface area is 73.2 Å². The Kier molecular flexibility index (Phi) is 1.73. The molecule has 0 aliphatic carbocycles. The number of fused-ring (bicyclic) bond motifs is 1. The standard InChI is InChI=1S/C7H9BrN2O/c8-6-4-10-2-1-5(11)3-7(10)9-6/h4-5,11H,1-3H2. The lowest BCUT2D eigenvalue weighted by Gasteiger charge is -2.17. The predicted octanol–water partition coefficient (Wildman–Crippen LogP) is 0.953. The van der Waals surface area contributed by atoms with E-state index in [0.29, 0.717) is 6.42 Å². The molecule has 2 rings (SSSR count). The van der Waals surface area contributed by atoms with Gasteiger partial charge in [0.25, 0.3) is 0 Å². The minimum atomic E-state index is -0.197. The topological polar surface area (TPSA) is 38.0 Å². The number of aliphatic hydroxyl groups is 1. The van der Waals surface area contributed by atoms with Crippen molar-refractivity contribution in [3.05, 3.63) is 16.6 Å². The first-order valence-electron chi connectivity index (χ1n) is 3.65. The quantitative estimate of drug-likeness (QED) is 0.702. The summed E-state index contributed by atoms with van der Waals surface area (Å²) in [4.78, 5) is 4.22. The molecular weight excluding hydrogens is 208 g/mol. The van der Waals surface area contributed by atoms with Crippen molar-refractivity contribution in [1.82, 2.24) is 9.55 Å². The number of hydrogen-bond acceptors (Lipinski definition) is 2. The van der Waals surface area contributed by atoms with Gasteiger partial charge in [-0.2, -0.15) is 0 Å². The third kappa shape index (κ3) is 1.32. The van der Waals surface area contributed by atoms with Gasteiger partial charge in [0.05, 0.1) is 6.10 Å². The molecule has 1 aromatic heterocycles. The van der Waals surface area contributed by atoms with Gasteiger partial charge in [-0.1, -0.05) is 0 Å². The number of rotatable bonds is 0. The minimum absolute atomic E-state index is 0.197. The van der Waals surface area contributed by atoms with Gasteiger partial charge in [0, 0.05) is 19.2 Å². The van der Waals surface area contributed by atoms with Crippen LogP contribution in [0.4, 0.5) is 0 Å². The van der Waals surface area contributed by atoms with Crippen LogP contribution in [-0.4, -0.2) is 20.8 Å². The SMILES string of the molecule is OC1CCn2cc(Br)nc2C1. The largest absolute Gasteiger partial charge is 0.393 e. The molecular formula is C7H9BrN2O.